The van der Waals surface area contributed by atoms with E-state index in [0.717, 1.165) is 5.56 Å². The molecule has 0 radical (unpaired) electrons. The van der Waals surface area contributed by atoms with Crippen LogP contribution in [0.15, 0.2) is 29.6 Å². The number of amides is 1. The van der Waals surface area contributed by atoms with Crippen LogP contribution in [0.25, 0.3) is 0 Å². The number of carbonyl (C=O) groups is 2. The van der Waals surface area contributed by atoms with E-state index in [4.69, 9.17) is 9.84 Å². The topological polar surface area (TPSA) is 88.5 Å². The third-order valence-corrected chi connectivity index (χ3v) is 3.47. The van der Waals surface area contributed by atoms with Gasteiger partial charge in [0.25, 0.3) is 5.91 Å². The summed E-state index contributed by atoms with van der Waals surface area (Å²) >= 11 is 1.20. The summed E-state index contributed by atoms with van der Waals surface area (Å²) in [5, 5.41) is 13.4. The maximum absolute atomic E-state index is 12.2. The number of nitrogens with one attached hydrogen (secondary N) is 1. The Kier molecular flexibility index (Phi) is 5.02. The molecule has 1 aromatic carbocycles. The first-order valence-corrected chi connectivity index (χ1v) is 7.02. The molecule has 0 fully saturated rings. The lowest BCUT2D eigenvalue weighted by Gasteiger charge is -2.07. The second kappa shape index (κ2) is 6.96. The number of thiazole rings is 1. The van der Waals surface area contributed by atoms with Crippen molar-refractivity contribution in [1.82, 2.24) is 4.98 Å². The minimum Gasteiger partial charge on any atom is -0.481 e. The number of hydrogen-bond acceptors (Lipinski definition) is 5. The van der Waals surface area contributed by atoms with Crippen LogP contribution < -0.4 is 5.32 Å². The van der Waals surface area contributed by atoms with Crippen molar-refractivity contribution in [1.29, 1.82) is 0 Å². The Bertz CT molecular complexity index is 654. The Hall–Kier alpha value is -2.25. The fourth-order valence-electron chi connectivity index (χ4n) is 1.79. The number of carbonyl (C=O) groups excluding carboxylic acids is 1. The minimum atomic E-state index is -0.955. The number of carboxylic acid groups (broad SMARTS) is 1. The maximum Gasteiger partial charge on any atom is 0.309 e. The fraction of sp³-hybridized carbons (Fsp3) is 0.214. The standard InChI is InChI=1S/C14H14N2O4S/c1-20-7-9-4-2-3-5-11(9)13(19)16-14-15-10(8-21-14)6-12(17)18/h2-5,8H,6-7H2,1H3,(H,17,18)(H,15,16,19). The van der Waals surface area contributed by atoms with Crippen molar-refractivity contribution in [2.75, 3.05) is 12.4 Å². The Morgan fingerprint density at radius 3 is 2.86 bits per heavy atom. The van der Waals surface area contributed by atoms with Crippen molar-refractivity contribution in [3.8, 4) is 0 Å². The van der Waals surface area contributed by atoms with E-state index in [1.54, 1.807) is 24.6 Å². The molecule has 0 saturated heterocycles. The van der Waals surface area contributed by atoms with E-state index in [-0.39, 0.29) is 12.3 Å². The minimum absolute atomic E-state index is 0.160. The number of carboxylic acids is 1. The number of aromatic nitrogens is 1. The highest BCUT2D eigenvalue weighted by Crippen LogP contribution is 2.18. The fourth-order valence-corrected chi connectivity index (χ4v) is 2.49. The third-order valence-electron chi connectivity index (χ3n) is 2.67. The molecule has 1 heterocycles. The number of ether oxygens (including phenoxy) is 1. The quantitative estimate of drug-likeness (QED) is 0.854. The van der Waals surface area contributed by atoms with Gasteiger partial charge in [0, 0.05) is 18.1 Å². The maximum atomic E-state index is 12.2. The van der Waals surface area contributed by atoms with E-state index < -0.39 is 5.97 Å². The summed E-state index contributed by atoms with van der Waals surface area (Å²) in [7, 11) is 1.56. The Balaban J connectivity index is 2.11. The second-order valence-corrected chi connectivity index (χ2v) is 5.12. The molecule has 110 valence electrons. The average Bonchev–Trinajstić information content (AvgIpc) is 2.86. The number of hydrogen-bond donors (Lipinski definition) is 2. The summed E-state index contributed by atoms with van der Waals surface area (Å²) in [6, 6.07) is 7.12. The highest BCUT2D eigenvalue weighted by molar-refractivity contribution is 7.14. The molecule has 0 aliphatic carbocycles. The number of methoxy groups -OCH3 is 1. The van der Waals surface area contributed by atoms with Crippen LogP contribution in [0.3, 0.4) is 0 Å². The van der Waals surface area contributed by atoms with Gasteiger partial charge in [-0.25, -0.2) is 4.98 Å². The summed E-state index contributed by atoms with van der Waals surface area (Å²) in [4.78, 5) is 26.9. The second-order valence-electron chi connectivity index (χ2n) is 4.26. The van der Waals surface area contributed by atoms with E-state index in [2.05, 4.69) is 10.3 Å². The van der Waals surface area contributed by atoms with E-state index in [0.29, 0.717) is 23.0 Å². The summed E-state index contributed by atoms with van der Waals surface area (Å²) < 4.78 is 5.06. The highest BCUT2D eigenvalue weighted by atomic mass is 32.1. The van der Waals surface area contributed by atoms with Gasteiger partial charge >= 0.3 is 5.97 Å². The summed E-state index contributed by atoms with van der Waals surface area (Å²) in [6.45, 7) is 0.339. The lowest BCUT2D eigenvalue weighted by Crippen LogP contribution is -2.14. The van der Waals surface area contributed by atoms with Gasteiger partial charge in [-0.1, -0.05) is 18.2 Å². The summed E-state index contributed by atoms with van der Waals surface area (Å²) in [5.74, 6) is -1.25. The number of nitrogens with zero attached hydrogens (tertiary/aromatic N) is 1. The van der Waals surface area contributed by atoms with Crippen LogP contribution >= 0.6 is 11.3 Å². The van der Waals surface area contributed by atoms with Crippen molar-refractivity contribution in [3.63, 3.8) is 0 Å². The van der Waals surface area contributed by atoms with Crippen LogP contribution in [0.5, 0.6) is 0 Å². The first-order chi connectivity index (χ1) is 10.1. The number of benzene rings is 1. The van der Waals surface area contributed by atoms with Crippen LogP contribution in [0.1, 0.15) is 21.6 Å². The van der Waals surface area contributed by atoms with Crippen molar-refractivity contribution in [3.05, 3.63) is 46.5 Å². The molecule has 2 N–H and O–H groups in total. The van der Waals surface area contributed by atoms with E-state index >= 15 is 0 Å². The Morgan fingerprint density at radius 1 is 1.38 bits per heavy atom. The molecule has 0 spiro atoms. The zero-order chi connectivity index (χ0) is 15.2. The molecule has 7 heteroatoms. The molecule has 0 aliphatic heterocycles. The van der Waals surface area contributed by atoms with Crippen LogP contribution in [0.2, 0.25) is 0 Å². The van der Waals surface area contributed by atoms with Crippen LogP contribution in [0.4, 0.5) is 5.13 Å². The molecule has 2 aromatic rings. The lowest BCUT2D eigenvalue weighted by atomic mass is 10.1. The third kappa shape index (κ3) is 4.11. The molecular formula is C14H14N2O4S. The summed E-state index contributed by atoms with van der Waals surface area (Å²) in [6.07, 6.45) is -0.160. The van der Waals surface area contributed by atoms with Gasteiger partial charge in [0.1, 0.15) is 0 Å². The van der Waals surface area contributed by atoms with Crippen molar-refractivity contribution < 1.29 is 19.4 Å². The highest BCUT2D eigenvalue weighted by Gasteiger charge is 2.13. The smallest absolute Gasteiger partial charge is 0.309 e. The number of aliphatic carboxylic acids is 1. The van der Waals surface area contributed by atoms with Gasteiger partial charge in [-0.15, -0.1) is 11.3 Å². The zero-order valence-corrected chi connectivity index (χ0v) is 12.1. The number of rotatable bonds is 6. The summed E-state index contributed by atoms with van der Waals surface area (Å²) in [5.41, 5.74) is 1.71. The largest absolute Gasteiger partial charge is 0.481 e. The van der Waals surface area contributed by atoms with Gasteiger partial charge in [0.05, 0.1) is 18.7 Å². The van der Waals surface area contributed by atoms with Gasteiger partial charge < -0.3 is 9.84 Å². The lowest BCUT2D eigenvalue weighted by molar-refractivity contribution is -0.136. The molecule has 1 amide bonds. The molecule has 1 aromatic heterocycles. The Labute approximate surface area is 125 Å². The predicted octanol–water partition coefficient (Wildman–Crippen LogP) is 2.17. The molecule has 0 atom stereocenters. The SMILES string of the molecule is COCc1ccccc1C(=O)Nc1nc(CC(=O)O)cs1. The predicted molar refractivity (Wildman–Crippen MR) is 78.6 cm³/mol. The van der Waals surface area contributed by atoms with Gasteiger partial charge in [0.15, 0.2) is 5.13 Å². The first-order valence-electron chi connectivity index (χ1n) is 6.14. The molecule has 2 rings (SSSR count). The molecule has 6 nitrogen and oxygen atoms in total. The van der Waals surface area contributed by atoms with Gasteiger partial charge in [-0.3, -0.25) is 14.9 Å². The molecule has 0 saturated carbocycles. The average molecular weight is 306 g/mol. The van der Waals surface area contributed by atoms with Crippen LogP contribution in [-0.4, -0.2) is 29.1 Å². The normalized spacial score (nSPS) is 10.3. The molecule has 0 bridgehead atoms. The first kappa shape index (κ1) is 15.1. The van der Waals surface area contributed by atoms with Gasteiger partial charge in [0.2, 0.25) is 0 Å². The van der Waals surface area contributed by atoms with Gasteiger partial charge in [-0.2, -0.15) is 0 Å². The van der Waals surface area contributed by atoms with Crippen LogP contribution in [-0.2, 0) is 22.6 Å². The van der Waals surface area contributed by atoms with E-state index in [1.165, 1.54) is 11.3 Å². The number of anilines is 1. The zero-order valence-electron chi connectivity index (χ0n) is 11.3. The van der Waals surface area contributed by atoms with E-state index in [1.807, 2.05) is 12.1 Å². The monoisotopic (exact) mass is 306 g/mol. The van der Waals surface area contributed by atoms with Gasteiger partial charge in [-0.05, 0) is 11.6 Å². The molecule has 0 unspecified atom stereocenters. The van der Waals surface area contributed by atoms with Crippen LogP contribution in [0, 0.1) is 0 Å². The Morgan fingerprint density at radius 2 is 2.14 bits per heavy atom. The van der Waals surface area contributed by atoms with Crippen molar-refractivity contribution in [2.24, 2.45) is 0 Å². The van der Waals surface area contributed by atoms with E-state index in [9.17, 15) is 9.59 Å². The molecule has 21 heavy (non-hydrogen) atoms. The van der Waals surface area contributed by atoms with Crippen molar-refractivity contribution >= 4 is 28.3 Å². The molecule has 0 aliphatic rings. The molecular weight excluding hydrogens is 292 g/mol. The van der Waals surface area contributed by atoms with Crippen molar-refractivity contribution in [2.45, 2.75) is 13.0 Å².